The van der Waals surface area contributed by atoms with Crippen molar-refractivity contribution >= 4 is 23.3 Å². The zero-order valence-corrected chi connectivity index (χ0v) is 13.0. The van der Waals surface area contributed by atoms with Gasteiger partial charge in [0.15, 0.2) is 0 Å². The van der Waals surface area contributed by atoms with Crippen molar-refractivity contribution in [2.45, 2.75) is 20.0 Å². The lowest BCUT2D eigenvalue weighted by atomic mass is 10.2. The lowest BCUT2D eigenvalue weighted by Gasteiger charge is -2.17. The number of esters is 1. The lowest BCUT2D eigenvalue weighted by molar-refractivity contribution is -0.137. The third-order valence-electron chi connectivity index (χ3n) is 2.25. The maximum absolute atomic E-state index is 12.7. The second-order valence-electron chi connectivity index (χ2n) is 3.65. The highest BCUT2D eigenvalue weighted by molar-refractivity contribution is 6.31. The highest BCUT2D eigenvalue weighted by Crippen LogP contribution is 2.36. The van der Waals surface area contributed by atoms with Gasteiger partial charge in [0.25, 0.3) is 0 Å². The summed E-state index contributed by atoms with van der Waals surface area (Å²) < 4.78 is 42.4. The zero-order chi connectivity index (χ0) is 17.5. The Morgan fingerprint density at radius 2 is 1.91 bits per heavy atom. The summed E-state index contributed by atoms with van der Waals surface area (Å²) in [6.07, 6.45) is -3.68. The first kappa shape index (κ1) is 20.1. The number of benzene rings is 1. The summed E-state index contributed by atoms with van der Waals surface area (Å²) in [5, 5.41) is 0.303. The number of hydrogen-bond acceptors (Lipinski definition) is 5. The number of carbonyl (C=O) groups excluding carboxylic acids is 1. The number of hydrogen-bond donors (Lipinski definition) is 2. The molecule has 5 nitrogen and oxygen atoms in total. The Balaban J connectivity index is 0.00000211. The van der Waals surface area contributed by atoms with Crippen LogP contribution < -0.4 is 16.6 Å². The summed E-state index contributed by atoms with van der Waals surface area (Å²) in [7, 11) is 1.11. The molecule has 22 heavy (non-hydrogen) atoms. The molecule has 0 aliphatic rings. The fourth-order valence-corrected chi connectivity index (χ4v) is 1.51. The lowest BCUT2D eigenvalue weighted by Crippen LogP contribution is -2.28. The Morgan fingerprint density at radius 3 is 2.36 bits per heavy atom. The number of ether oxygens (including phenoxy) is 1. The third kappa shape index (κ3) is 5.45. The second kappa shape index (κ2) is 8.50. The molecule has 0 saturated carbocycles. The monoisotopic (exact) mass is 339 g/mol. The molecule has 0 aromatic heterocycles. The molecule has 0 fully saturated rings. The molecule has 1 aromatic rings. The van der Waals surface area contributed by atoms with E-state index in [0.29, 0.717) is 0 Å². The summed E-state index contributed by atoms with van der Waals surface area (Å²) in [6, 6.07) is 3.03. The zero-order valence-electron chi connectivity index (χ0n) is 12.2. The molecule has 0 radical (unpaired) electrons. The van der Waals surface area contributed by atoms with E-state index in [9.17, 15) is 18.0 Å². The van der Waals surface area contributed by atoms with Gasteiger partial charge in [0, 0.05) is 0 Å². The molecule has 0 saturated heterocycles. The van der Waals surface area contributed by atoms with Crippen molar-refractivity contribution in [1.82, 2.24) is 0 Å². The van der Waals surface area contributed by atoms with Crippen molar-refractivity contribution in [2.24, 2.45) is 11.6 Å². The molecule has 4 N–H and O–H groups in total. The maximum Gasteiger partial charge on any atom is 0.417 e. The number of methoxy groups -OCH3 is 1. The minimum atomic E-state index is -4.62. The van der Waals surface area contributed by atoms with Crippen molar-refractivity contribution in [1.29, 1.82) is 0 Å². The predicted molar refractivity (Wildman–Crippen MR) is 78.8 cm³/mol. The first-order valence-electron chi connectivity index (χ1n) is 6.13. The van der Waals surface area contributed by atoms with Crippen LogP contribution in [0.3, 0.4) is 0 Å². The summed E-state index contributed by atoms with van der Waals surface area (Å²) in [6.45, 7) is 4.00. The number of carbonyl (C=O) groups is 1. The van der Waals surface area contributed by atoms with Gasteiger partial charge in [0.2, 0.25) is 0 Å². The Morgan fingerprint density at radius 1 is 1.36 bits per heavy atom. The molecule has 9 heteroatoms. The van der Waals surface area contributed by atoms with E-state index < -0.39 is 22.7 Å². The number of hydrazine groups is 1. The van der Waals surface area contributed by atoms with Crippen LogP contribution in [0.4, 0.5) is 18.9 Å². The average molecular weight is 340 g/mol. The van der Waals surface area contributed by atoms with Crippen LogP contribution in [-0.2, 0) is 15.7 Å². The number of nitrogens with zero attached hydrogens (tertiary/aromatic N) is 1. The molecule has 0 bridgehead atoms. The SMILES string of the molecule is CC.COC(=O)/C(N)=C/N(N)c1ccc(Cl)c(C(F)(F)F)c1. The molecular formula is C13H17ClF3N3O2. The topological polar surface area (TPSA) is 81.6 Å². The Bertz CT molecular complexity index is 548. The molecule has 0 aliphatic heterocycles. The van der Waals surface area contributed by atoms with Gasteiger partial charge in [-0.3, -0.25) is 5.01 Å². The summed E-state index contributed by atoms with van der Waals surface area (Å²) in [4.78, 5) is 11.1. The number of alkyl halides is 3. The molecule has 0 atom stereocenters. The second-order valence-corrected chi connectivity index (χ2v) is 4.05. The highest BCUT2D eigenvalue weighted by Gasteiger charge is 2.33. The van der Waals surface area contributed by atoms with Gasteiger partial charge < -0.3 is 10.5 Å². The number of rotatable bonds is 3. The fraction of sp³-hybridized carbons (Fsp3) is 0.308. The standard InChI is InChI=1S/C11H11ClF3N3O2.C2H6/c1-20-10(19)9(16)5-18(17)6-2-3-8(12)7(4-6)11(13,14)15;1-2/h2-5H,16-17H2,1H3;1-2H3/b9-5-;. The van der Waals surface area contributed by atoms with E-state index in [1.165, 1.54) is 6.07 Å². The van der Waals surface area contributed by atoms with Gasteiger partial charge in [-0.2, -0.15) is 13.2 Å². The molecule has 124 valence electrons. The molecular weight excluding hydrogens is 323 g/mol. The van der Waals surface area contributed by atoms with Crippen LogP contribution in [0.15, 0.2) is 30.1 Å². The van der Waals surface area contributed by atoms with E-state index in [1.807, 2.05) is 13.8 Å². The largest absolute Gasteiger partial charge is 0.464 e. The van der Waals surface area contributed by atoms with E-state index >= 15 is 0 Å². The third-order valence-corrected chi connectivity index (χ3v) is 2.58. The van der Waals surface area contributed by atoms with Crippen LogP contribution in [0.5, 0.6) is 0 Å². The van der Waals surface area contributed by atoms with Crippen LogP contribution in [0.25, 0.3) is 0 Å². The summed E-state index contributed by atoms with van der Waals surface area (Å²) in [5.41, 5.74) is 3.88. The van der Waals surface area contributed by atoms with Crippen molar-refractivity contribution in [3.63, 3.8) is 0 Å². The van der Waals surface area contributed by atoms with E-state index in [0.717, 1.165) is 30.5 Å². The average Bonchev–Trinajstić information content (AvgIpc) is 2.47. The molecule has 0 amide bonds. The normalized spacial score (nSPS) is 11.4. The fourth-order valence-electron chi connectivity index (χ4n) is 1.29. The van der Waals surface area contributed by atoms with Gasteiger partial charge >= 0.3 is 12.1 Å². The molecule has 0 spiro atoms. The number of nitrogens with two attached hydrogens (primary N) is 2. The Hall–Kier alpha value is -1.93. The van der Waals surface area contributed by atoms with Crippen LogP contribution in [-0.4, -0.2) is 13.1 Å². The Kier molecular flexibility index (Phi) is 7.75. The van der Waals surface area contributed by atoms with Gasteiger partial charge in [-0.25, -0.2) is 10.6 Å². The number of anilines is 1. The first-order valence-corrected chi connectivity index (χ1v) is 6.51. The number of halogens is 4. The van der Waals surface area contributed by atoms with Gasteiger partial charge in [-0.1, -0.05) is 25.4 Å². The van der Waals surface area contributed by atoms with Crippen molar-refractivity contribution in [3.8, 4) is 0 Å². The molecule has 0 unspecified atom stereocenters. The van der Waals surface area contributed by atoms with Crippen LogP contribution in [0.1, 0.15) is 19.4 Å². The van der Waals surface area contributed by atoms with Crippen molar-refractivity contribution in [3.05, 3.63) is 40.7 Å². The van der Waals surface area contributed by atoms with Gasteiger partial charge in [-0.15, -0.1) is 0 Å². The van der Waals surface area contributed by atoms with E-state index in [-0.39, 0.29) is 11.4 Å². The van der Waals surface area contributed by atoms with E-state index in [1.54, 1.807) is 0 Å². The van der Waals surface area contributed by atoms with Gasteiger partial charge in [-0.05, 0) is 18.2 Å². The minimum Gasteiger partial charge on any atom is -0.464 e. The van der Waals surface area contributed by atoms with Crippen LogP contribution in [0, 0.1) is 0 Å². The van der Waals surface area contributed by atoms with E-state index in [4.69, 9.17) is 23.2 Å². The molecule has 1 aromatic carbocycles. The predicted octanol–water partition coefficient (Wildman–Crippen LogP) is 3.04. The molecule has 0 aliphatic carbocycles. The quantitative estimate of drug-likeness (QED) is 0.383. The van der Waals surface area contributed by atoms with Crippen molar-refractivity contribution < 1.29 is 22.7 Å². The highest BCUT2D eigenvalue weighted by atomic mass is 35.5. The smallest absolute Gasteiger partial charge is 0.417 e. The van der Waals surface area contributed by atoms with Gasteiger partial charge in [0.1, 0.15) is 5.70 Å². The van der Waals surface area contributed by atoms with Gasteiger partial charge in [0.05, 0.1) is 29.6 Å². The summed E-state index contributed by atoms with van der Waals surface area (Å²) >= 11 is 5.47. The summed E-state index contributed by atoms with van der Waals surface area (Å²) in [5.74, 6) is 4.65. The van der Waals surface area contributed by atoms with Crippen LogP contribution in [0.2, 0.25) is 5.02 Å². The molecule has 1 rings (SSSR count). The maximum atomic E-state index is 12.7. The minimum absolute atomic E-state index is 0.0476. The van der Waals surface area contributed by atoms with Crippen LogP contribution >= 0.6 is 11.6 Å². The van der Waals surface area contributed by atoms with E-state index in [2.05, 4.69) is 4.74 Å². The molecule has 0 heterocycles. The van der Waals surface area contributed by atoms with Crippen molar-refractivity contribution in [2.75, 3.05) is 12.1 Å². The Labute approximate surface area is 131 Å². The first-order chi connectivity index (χ1) is 10.2.